The van der Waals surface area contributed by atoms with Crippen molar-refractivity contribution in [3.8, 4) is 0 Å². The molecule has 0 aromatic carbocycles. The molecule has 0 saturated carbocycles. The number of esters is 1. The Morgan fingerprint density at radius 3 is 1.29 bits per heavy atom. The maximum absolute atomic E-state index is 11.2. The smallest absolute Gasteiger partial charge is 0.333 e. The number of carbonyl (C=O) groups is 1. The van der Waals surface area contributed by atoms with Crippen LogP contribution in [-0.2, 0) is 9.53 Å². The van der Waals surface area contributed by atoms with Crippen LogP contribution in [0.2, 0.25) is 0 Å². The normalized spacial score (nSPS) is 11.6. The van der Waals surface area contributed by atoms with E-state index >= 15 is 0 Å². The molecule has 0 atom stereocenters. The summed E-state index contributed by atoms with van der Waals surface area (Å²) in [7, 11) is 0. The molecule has 0 bridgehead atoms. The predicted octanol–water partition coefficient (Wildman–Crippen LogP) is 8.78. The first-order chi connectivity index (χ1) is 13.3. The molecule has 166 valence electrons. The van der Waals surface area contributed by atoms with Gasteiger partial charge < -0.3 is 4.74 Å². The summed E-state index contributed by atoms with van der Waals surface area (Å²) in [6.45, 7) is 12.9. The van der Waals surface area contributed by atoms with E-state index < -0.39 is 0 Å². The highest BCUT2D eigenvalue weighted by Crippen LogP contribution is 2.22. The molecule has 0 saturated heterocycles. The molecule has 0 radical (unpaired) electrons. The Balaban J connectivity index is 3.10. The molecule has 0 aliphatic heterocycles. The van der Waals surface area contributed by atoms with Gasteiger partial charge in [0, 0.05) is 5.57 Å². The molecule has 0 aliphatic rings. The molecule has 2 heteroatoms. The lowest BCUT2D eigenvalue weighted by Crippen LogP contribution is -2.05. The van der Waals surface area contributed by atoms with Crippen molar-refractivity contribution >= 4 is 5.97 Å². The SMILES string of the molecule is C=C(C)C(=O)OCCCCCCCCCCCCCCCCCCC(C)(C)C. The van der Waals surface area contributed by atoms with Gasteiger partial charge in [-0.1, -0.05) is 124 Å². The van der Waals surface area contributed by atoms with E-state index in [1.807, 2.05) is 0 Å². The number of hydrogen-bond acceptors (Lipinski definition) is 2. The lowest BCUT2D eigenvalue weighted by molar-refractivity contribution is -0.139. The zero-order chi connectivity index (χ0) is 21.1. The molecular weight excluding hydrogens is 344 g/mol. The van der Waals surface area contributed by atoms with Crippen molar-refractivity contribution in [1.82, 2.24) is 0 Å². The third-order valence-electron chi connectivity index (χ3n) is 5.40. The minimum absolute atomic E-state index is 0.254. The number of hydrogen-bond donors (Lipinski definition) is 0. The molecule has 2 nitrogen and oxygen atoms in total. The van der Waals surface area contributed by atoms with E-state index in [1.54, 1.807) is 6.92 Å². The third kappa shape index (κ3) is 21.5. The molecular formula is C26H50O2. The molecule has 0 unspecified atom stereocenters. The number of unbranched alkanes of at least 4 members (excludes halogenated alkanes) is 15. The van der Waals surface area contributed by atoms with E-state index in [9.17, 15) is 4.79 Å². The molecule has 0 spiro atoms. The van der Waals surface area contributed by atoms with E-state index in [-0.39, 0.29) is 5.97 Å². The molecule has 0 amide bonds. The van der Waals surface area contributed by atoms with Crippen LogP contribution in [0.15, 0.2) is 12.2 Å². The summed E-state index contributed by atoms with van der Waals surface area (Å²) in [6, 6.07) is 0. The van der Waals surface area contributed by atoms with Gasteiger partial charge in [-0.05, 0) is 25.2 Å². The summed E-state index contributed by atoms with van der Waals surface area (Å²) in [6.07, 6.45) is 23.1. The Morgan fingerprint density at radius 1 is 0.643 bits per heavy atom. The average molecular weight is 395 g/mol. The fourth-order valence-electron chi connectivity index (χ4n) is 3.52. The molecule has 0 aromatic rings. The van der Waals surface area contributed by atoms with Gasteiger partial charge in [-0.25, -0.2) is 4.79 Å². The standard InChI is InChI=1S/C26H50O2/c1-24(2)25(27)28-23-21-19-17-15-13-11-9-7-6-8-10-12-14-16-18-20-22-26(3,4)5/h1,6-23H2,2-5H3. The van der Waals surface area contributed by atoms with Gasteiger partial charge in [0.05, 0.1) is 6.61 Å². The van der Waals surface area contributed by atoms with Crippen molar-refractivity contribution in [2.45, 2.75) is 137 Å². The molecule has 0 rings (SSSR count). The number of ether oxygens (including phenoxy) is 1. The summed E-state index contributed by atoms with van der Waals surface area (Å²) in [5.41, 5.74) is 1.01. The molecule has 0 aromatic heterocycles. The van der Waals surface area contributed by atoms with Crippen LogP contribution < -0.4 is 0 Å². The van der Waals surface area contributed by atoms with E-state index in [1.165, 1.54) is 103 Å². The van der Waals surface area contributed by atoms with Gasteiger partial charge in [0.1, 0.15) is 0 Å². The van der Waals surface area contributed by atoms with Gasteiger partial charge >= 0.3 is 5.97 Å². The highest BCUT2D eigenvalue weighted by Gasteiger charge is 2.08. The fraction of sp³-hybridized carbons (Fsp3) is 0.885. The van der Waals surface area contributed by atoms with Crippen molar-refractivity contribution in [3.63, 3.8) is 0 Å². The monoisotopic (exact) mass is 394 g/mol. The van der Waals surface area contributed by atoms with Crippen LogP contribution in [0.4, 0.5) is 0 Å². The second kappa shape index (κ2) is 18.3. The maximum atomic E-state index is 11.2. The Labute approximate surface area is 176 Å². The molecule has 0 fully saturated rings. The van der Waals surface area contributed by atoms with Crippen molar-refractivity contribution in [2.75, 3.05) is 6.61 Å². The minimum atomic E-state index is -0.254. The van der Waals surface area contributed by atoms with Gasteiger partial charge in [0.15, 0.2) is 0 Å². The molecule has 28 heavy (non-hydrogen) atoms. The highest BCUT2D eigenvalue weighted by molar-refractivity contribution is 5.86. The molecule has 0 heterocycles. The van der Waals surface area contributed by atoms with Gasteiger partial charge in [-0.15, -0.1) is 0 Å². The van der Waals surface area contributed by atoms with E-state index in [0.717, 1.165) is 6.42 Å². The lowest BCUT2D eigenvalue weighted by atomic mass is 9.89. The van der Waals surface area contributed by atoms with Gasteiger partial charge in [0.25, 0.3) is 0 Å². The van der Waals surface area contributed by atoms with Gasteiger partial charge in [-0.2, -0.15) is 0 Å². The van der Waals surface area contributed by atoms with Gasteiger partial charge in [-0.3, -0.25) is 0 Å². The van der Waals surface area contributed by atoms with Crippen molar-refractivity contribution < 1.29 is 9.53 Å². The van der Waals surface area contributed by atoms with E-state index in [4.69, 9.17) is 4.74 Å². The number of rotatable bonds is 19. The minimum Gasteiger partial charge on any atom is -0.462 e. The van der Waals surface area contributed by atoms with Crippen LogP contribution >= 0.6 is 0 Å². The zero-order valence-electron chi connectivity index (χ0n) is 19.8. The largest absolute Gasteiger partial charge is 0.462 e. The zero-order valence-corrected chi connectivity index (χ0v) is 19.8. The second-order valence-corrected chi connectivity index (χ2v) is 9.88. The first kappa shape index (κ1) is 27.2. The van der Waals surface area contributed by atoms with Crippen LogP contribution in [-0.4, -0.2) is 12.6 Å². The fourth-order valence-corrected chi connectivity index (χ4v) is 3.52. The Bertz CT molecular complexity index is 378. The van der Waals surface area contributed by atoms with Crippen LogP contribution in [0.5, 0.6) is 0 Å². The number of carbonyl (C=O) groups excluding carboxylic acids is 1. The van der Waals surface area contributed by atoms with Crippen LogP contribution in [0.25, 0.3) is 0 Å². The third-order valence-corrected chi connectivity index (χ3v) is 5.40. The van der Waals surface area contributed by atoms with Crippen molar-refractivity contribution in [1.29, 1.82) is 0 Å². The van der Waals surface area contributed by atoms with Crippen molar-refractivity contribution in [2.24, 2.45) is 5.41 Å². The summed E-state index contributed by atoms with van der Waals surface area (Å²) < 4.78 is 5.10. The second-order valence-electron chi connectivity index (χ2n) is 9.88. The first-order valence-corrected chi connectivity index (χ1v) is 12.2. The first-order valence-electron chi connectivity index (χ1n) is 12.2. The quantitative estimate of drug-likeness (QED) is 0.124. The van der Waals surface area contributed by atoms with Crippen LogP contribution in [0.3, 0.4) is 0 Å². The summed E-state index contributed by atoms with van der Waals surface area (Å²) in [5, 5.41) is 0. The van der Waals surface area contributed by atoms with Crippen molar-refractivity contribution in [3.05, 3.63) is 12.2 Å². The Morgan fingerprint density at radius 2 is 0.964 bits per heavy atom. The van der Waals surface area contributed by atoms with Crippen LogP contribution in [0.1, 0.15) is 137 Å². The molecule has 0 N–H and O–H groups in total. The average Bonchev–Trinajstić information content (AvgIpc) is 2.62. The summed E-state index contributed by atoms with van der Waals surface area (Å²) >= 11 is 0. The van der Waals surface area contributed by atoms with E-state index in [0.29, 0.717) is 17.6 Å². The maximum Gasteiger partial charge on any atom is 0.333 e. The topological polar surface area (TPSA) is 26.3 Å². The van der Waals surface area contributed by atoms with Gasteiger partial charge in [0.2, 0.25) is 0 Å². The summed E-state index contributed by atoms with van der Waals surface area (Å²) in [4.78, 5) is 11.2. The Kier molecular flexibility index (Phi) is 17.7. The molecule has 0 aliphatic carbocycles. The lowest BCUT2D eigenvalue weighted by Gasteiger charge is -2.17. The highest BCUT2D eigenvalue weighted by atomic mass is 16.5. The summed E-state index contributed by atoms with van der Waals surface area (Å²) in [5.74, 6) is -0.254. The van der Waals surface area contributed by atoms with E-state index in [2.05, 4.69) is 27.4 Å². The van der Waals surface area contributed by atoms with Crippen LogP contribution in [0, 0.1) is 5.41 Å². The Hall–Kier alpha value is -0.790. The predicted molar refractivity (Wildman–Crippen MR) is 124 cm³/mol.